The molecule has 0 saturated carbocycles. The van der Waals surface area contributed by atoms with Gasteiger partial charge in [0.05, 0.1) is 23.9 Å². The smallest absolute Gasteiger partial charge is 0.0702 e. The van der Waals surface area contributed by atoms with Crippen LogP contribution >= 0.6 is 11.6 Å². The van der Waals surface area contributed by atoms with Crippen molar-refractivity contribution in [2.75, 3.05) is 44.2 Å². The van der Waals surface area contributed by atoms with Crippen LogP contribution in [0.4, 0.5) is 5.69 Å². The van der Waals surface area contributed by atoms with E-state index in [1.54, 1.807) is 0 Å². The van der Waals surface area contributed by atoms with E-state index < -0.39 is 0 Å². The van der Waals surface area contributed by atoms with Gasteiger partial charge in [-0.3, -0.25) is 4.90 Å². The van der Waals surface area contributed by atoms with Crippen LogP contribution in [-0.2, 0) is 6.61 Å². The first-order chi connectivity index (χ1) is 8.76. The molecule has 0 amide bonds. The molecule has 18 heavy (non-hydrogen) atoms. The number of para-hydroxylation sites is 1. The summed E-state index contributed by atoms with van der Waals surface area (Å²) in [5, 5.41) is 19.0. The Morgan fingerprint density at radius 1 is 1.11 bits per heavy atom. The maximum Gasteiger partial charge on any atom is 0.0702 e. The average Bonchev–Trinajstić information content (AvgIpc) is 2.40. The third kappa shape index (κ3) is 2.95. The van der Waals surface area contributed by atoms with Crippen LogP contribution in [0.15, 0.2) is 18.2 Å². The molecule has 1 aromatic carbocycles. The monoisotopic (exact) mass is 270 g/mol. The fourth-order valence-corrected chi connectivity index (χ4v) is 2.69. The number of hydrogen-bond donors (Lipinski definition) is 2. The van der Waals surface area contributed by atoms with E-state index in [4.69, 9.17) is 16.7 Å². The van der Waals surface area contributed by atoms with E-state index in [0.29, 0.717) is 5.02 Å². The van der Waals surface area contributed by atoms with Crippen LogP contribution in [0.3, 0.4) is 0 Å². The standard InChI is InChI=1S/C13H19ClN2O2/c14-12-3-1-2-11(10-18)13(12)16-6-4-15(5-7-16)8-9-17/h1-3,17-18H,4-10H2. The van der Waals surface area contributed by atoms with Crippen LogP contribution in [0.25, 0.3) is 0 Å². The zero-order valence-corrected chi connectivity index (χ0v) is 11.1. The number of anilines is 1. The first-order valence-corrected chi connectivity index (χ1v) is 6.60. The van der Waals surface area contributed by atoms with Crippen molar-refractivity contribution in [3.63, 3.8) is 0 Å². The Hall–Kier alpha value is -0.810. The van der Waals surface area contributed by atoms with Gasteiger partial charge < -0.3 is 15.1 Å². The van der Waals surface area contributed by atoms with E-state index in [-0.39, 0.29) is 13.2 Å². The molecule has 4 nitrogen and oxygen atoms in total. The molecule has 5 heteroatoms. The molecule has 0 radical (unpaired) electrons. The van der Waals surface area contributed by atoms with Crippen molar-refractivity contribution in [3.05, 3.63) is 28.8 Å². The van der Waals surface area contributed by atoms with Crippen molar-refractivity contribution >= 4 is 17.3 Å². The third-order valence-corrected chi connectivity index (χ3v) is 3.65. The quantitative estimate of drug-likeness (QED) is 0.855. The number of hydrogen-bond acceptors (Lipinski definition) is 4. The van der Waals surface area contributed by atoms with Gasteiger partial charge in [0.25, 0.3) is 0 Å². The molecule has 0 spiro atoms. The SMILES string of the molecule is OCCN1CCN(c2c(Cl)cccc2CO)CC1. The van der Waals surface area contributed by atoms with Crippen molar-refractivity contribution in [1.29, 1.82) is 0 Å². The van der Waals surface area contributed by atoms with Gasteiger partial charge in [0.2, 0.25) is 0 Å². The molecule has 1 saturated heterocycles. The Morgan fingerprint density at radius 3 is 2.44 bits per heavy atom. The zero-order chi connectivity index (χ0) is 13.0. The second-order valence-corrected chi connectivity index (χ2v) is 4.87. The maximum atomic E-state index is 9.38. The van der Waals surface area contributed by atoms with Crippen molar-refractivity contribution in [2.45, 2.75) is 6.61 Å². The molecule has 0 unspecified atom stereocenters. The molecule has 1 aliphatic heterocycles. The highest BCUT2D eigenvalue weighted by atomic mass is 35.5. The molecule has 1 fully saturated rings. The molecule has 0 bridgehead atoms. The van der Waals surface area contributed by atoms with Gasteiger partial charge in [0.15, 0.2) is 0 Å². The third-order valence-electron chi connectivity index (χ3n) is 3.35. The number of nitrogens with zero attached hydrogens (tertiary/aromatic N) is 2. The first-order valence-electron chi connectivity index (χ1n) is 6.22. The highest BCUT2D eigenvalue weighted by molar-refractivity contribution is 6.33. The Kier molecular flexibility index (Phi) is 4.83. The summed E-state index contributed by atoms with van der Waals surface area (Å²) in [7, 11) is 0. The Balaban J connectivity index is 2.09. The van der Waals surface area contributed by atoms with Gasteiger partial charge in [0.1, 0.15) is 0 Å². The molecular weight excluding hydrogens is 252 g/mol. The lowest BCUT2D eigenvalue weighted by atomic mass is 10.1. The number of aliphatic hydroxyl groups excluding tert-OH is 2. The van der Waals surface area contributed by atoms with Crippen molar-refractivity contribution in [3.8, 4) is 0 Å². The average molecular weight is 271 g/mol. The van der Waals surface area contributed by atoms with Crippen LogP contribution in [0.1, 0.15) is 5.56 Å². The van der Waals surface area contributed by atoms with Crippen molar-refractivity contribution in [2.24, 2.45) is 0 Å². The zero-order valence-electron chi connectivity index (χ0n) is 10.3. The normalized spacial score (nSPS) is 17.2. The number of halogens is 1. The van der Waals surface area contributed by atoms with Crippen LogP contribution in [0.2, 0.25) is 5.02 Å². The van der Waals surface area contributed by atoms with Crippen molar-refractivity contribution < 1.29 is 10.2 Å². The Labute approximate surface area is 112 Å². The predicted octanol–water partition coefficient (Wildman–Crippen LogP) is 0.947. The molecule has 0 aliphatic carbocycles. The lowest BCUT2D eigenvalue weighted by Crippen LogP contribution is -2.47. The summed E-state index contributed by atoms with van der Waals surface area (Å²) < 4.78 is 0. The predicted molar refractivity (Wildman–Crippen MR) is 73.1 cm³/mol. The summed E-state index contributed by atoms with van der Waals surface area (Å²) in [4.78, 5) is 4.44. The van der Waals surface area contributed by atoms with E-state index in [0.717, 1.165) is 44.0 Å². The van der Waals surface area contributed by atoms with Gasteiger partial charge in [0, 0.05) is 38.3 Å². The molecule has 2 N–H and O–H groups in total. The summed E-state index contributed by atoms with van der Waals surface area (Å²) >= 11 is 6.23. The maximum absolute atomic E-state index is 9.38. The molecule has 1 aliphatic rings. The molecule has 1 heterocycles. The second kappa shape index (κ2) is 6.38. The number of β-amino-alcohol motifs (C(OH)–C–C–N with tert-alkyl or cyclic N) is 1. The number of aliphatic hydroxyl groups is 2. The Bertz CT molecular complexity index is 393. The fourth-order valence-electron chi connectivity index (χ4n) is 2.38. The minimum atomic E-state index is 0.00669. The highest BCUT2D eigenvalue weighted by Crippen LogP contribution is 2.30. The summed E-state index contributed by atoms with van der Waals surface area (Å²) in [6.45, 7) is 4.50. The number of rotatable bonds is 4. The Morgan fingerprint density at radius 2 is 1.83 bits per heavy atom. The molecule has 100 valence electrons. The van der Waals surface area contributed by atoms with Gasteiger partial charge in [-0.05, 0) is 6.07 Å². The van der Waals surface area contributed by atoms with Crippen LogP contribution < -0.4 is 4.90 Å². The first kappa shape index (κ1) is 13.6. The van der Waals surface area contributed by atoms with Gasteiger partial charge >= 0.3 is 0 Å². The van der Waals surface area contributed by atoms with E-state index in [9.17, 15) is 5.11 Å². The van der Waals surface area contributed by atoms with E-state index in [2.05, 4.69) is 9.80 Å². The van der Waals surface area contributed by atoms with Gasteiger partial charge in [-0.1, -0.05) is 23.7 Å². The lowest BCUT2D eigenvalue weighted by Gasteiger charge is -2.37. The van der Waals surface area contributed by atoms with E-state index >= 15 is 0 Å². The van der Waals surface area contributed by atoms with Gasteiger partial charge in [-0.15, -0.1) is 0 Å². The van der Waals surface area contributed by atoms with Crippen LogP contribution in [-0.4, -0.2) is 54.4 Å². The molecular formula is C13H19ClN2O2. The highest BCUT2D eigenvalue weighted by Gasteiger charge is 2.20. The summed E-state index contributed by atoms with van der Waals surface area (Å²) in [6.07, 6.45) is 0. The van der Waals surface area contributed by atoms with Gasteiger partial charge in [-0.2, -0.15) is 0 Å². The summed E-state index contributed by atoms with van der Waals surface area (Å²) in [5.41, 5.74) is 1.82. The molecule has 1 aromatic rings. The number of benzene rings is 1. The van der Waals surface area contributed by atoms with Gasteiger partial charge in [-0.25, -0.2) is 0 Å². The summed E-state index contributed by atoms with van der Waals surface area (Å²) in [6, 6.07) is 5.62. The number of piperazine rings is 1. The molecule has 0 aromatic heterocycles. The van der Waals surface area contributed by atoms with Crippen LogP contribution in [0.5, 0.6) is 0 Å². The molecule has 0 atom stereocenters. The minimum Gasteiger partial charge on any atom is -0.395 e. The topological polar surface area (TPSA) is 46.9 Å². The lowest BCUT2D eigenvalue weighted by molar-refractivity contribution is 0.188. The van der Waals surface area contributed by atoms with Crippen molar-refractivity contribution in [1.82, 2.24) is 4.90 Å². The van der Waals surface area contributed by atoms with E-state index in [1.165, 1.54) is 0 Å². The fraction of sp³-hybridized carbons (Fsp3) is 0.538. The van der Waals surface area contributed by atoms with E-state index in [1.807, 2.05) is 18.2 Å². The summed E-state index contributed by atoms with van der Waals surface area (Å²) in [5.74, 6) is 0. The largest absolute Gasteiger partial charge is 0.395 e. The van der Waals surface area contributed by atoms with Crippen LogP contribution in [0, 0.1) is 0 Å². The second-order valence-electron chi connectivity index (χ2n) is 4.46. The molecule has 2 rings (SSSR count). The minimum absolute atomic E-state index is 0.00669.